The fraction of sp³-hybridized carbons (Fsp3) is 0.354. The second-order valence-corrected chi connectivity index (χ2v) is 23.9. The first-order valence-corrected chi connectivity index (χ1v) is 32.0. The van der Waals surface area contributed by atoms with Crippen LogP contribution in [0.3, 0.4) is 0 Å². The molecule has 4 unspecified atom stereocenters. The van der Waals surface area contributed by atoms with Crippen LogP contribution in [0.2, 0.25) is 0 Å². The Hall–Kier alpha value is -7.39. The summed E-state index contributed by atoms with van der Waals surface area (Å²) < 4.78 is 0. The third kappa shape index (κ3) is 12.3. The minimum atomic E-state index is -0.869. The average molecular weight is 1150 g/mol. The Morgan fingerprint density at radius 1 is 0.384 bits per heavy atom. The number of carbonyl (C=O) groups is 3. The van der Waals surface area contributed by atoms with Crippen molar-refractivity contribution in [1.29, 1.82) is 0 Å². The van der Waals surface area contributed by atoms with E-state index in [0.29, 0.717) is 73.6 Å². The lowest BCUT2D eigenvalue weighted by Crippen LogP contribution is -2.55. The molecule has 446 valence electrons. The standard InChI is InChI=1S/C79H91N3O4/c1-10-77(80(13-4)14-5,55-58-31-23-19-24-32-58)73(84)64-43-39-61(40-44-64)53-76(54-62-41-45-65(46-42-62)74(85)78(11-2,81(15-6)16-7)56-59-33-25-20-26-34-59)70-51-66(72(83)63-37-29-22-30-38-63)47-49-68(70)69-50-48-67(52-71(69)76)75(86)79(12-3,82(17-8)18-9)57-60-35-27-21-28-36-60/h19-52,75,86H,10-18,53-57H2,1-9H3. The van der Waals surface area contributed by atoms with Crippen LogP contribution in [0.4, 0.5) is 0 Å². The highest BCUT2D eigenvalue weighted by Gasteiger charge is 2.48. The number of carbonyl (C=O) groups excluding carboxylic acids is 3. The number of Topliss-reactive ketones (excluding diaryl/α,β-unsaturated/α-hetero) is 2. The van der Waals surface area contributed by atoms with Crippen molar-refractivity contribution in [3.63, 3.8) is 0 Å². The van der Waals surface area contributed by atoms with E-state index in [2.05, 4.69) is 204 Å². The summed E-state index contributed by atoms with van der Waals surface area (Å²) in [5.74, 6) is 0.171. The lowest BCUT2D eigenvalue weighted by atomic mass is 9.68. The monoisotopic (exact) mass is 1150 g/mol. The zero-order valence-electron chi connectivity index (χ0n) is 52.6. The van der Waals surface area contributed by atoms with Gasteiger partial charge in [-0.15, -0.1) is 0 Å². The lowest BCUT2D eigenvalue weighted by Gasteiger charge is -2.47. The van der Waals surface area contributed by atoms with Crippen molar-refractivity contribution in [1.82, 2.24) is 14.7 Å². The second-order valence-electron chi connectivity index (χ2n) is 23.9. The minimum absolute atomic E-state index is 0.0563. The van der Waals surface area contributed by atoms with Gasteiger partial charge < -0.3 is 5.11 Å². The Labute approximate surface area is 514 Å². The maximum Gasteiger partial charge on any atom is 0.193 e. The molecule has 0 spiro atoms. The van der Waals surface area contributed by atoms with Crippen molar-refractivity contribution < 1.29 is 19.5 Å². The molecule has 0 heterocycles. The molecule has 7 heteroatoms. The van der Waals surface area contributed by atoms with Crippen molar-refractivity contribution >= 4 is 17.3 Å². The van der Waals surface area contributed by atoms with Gasteiger partial charge in [-0.3, -0.25) is 29.1 Å². The van der Waals surface area contributed by atoms with Crippen LogP contribution < -0.4 is 0 Å². The minimum Gasteiger partial charge on any atom is -0.386 e. The third-order valence-electron chi connectivity index (χ3n) is 19.7. The van der Waals surface area contributed by atoms with E-state index < -0.39 is 28.1 Å². The van der Waals surface area contributed by atoms with Crippen LogP contribution >= 0.6 is 0 Å². The molecule has 0 amide bonds. The van der Waals surface area contributed by atoms with Gasteiger partial charge in [0.2, 0.25) is 0 Å². The summed E-state index contributed by atoms with van der Waals surface area (Å²) in [7, 11) is 0. The highest BCUT2D eigenvalue weighted by atomic mass is 16.3. The predicted molar refractivity (Wildman–Crippen MR) is 355 cm³/mol. The molecule has 8 aromatic carbocycles. The van der Waals surface area contributed by atoms with E-state index in [-0.39, 0.29) is 17.3 Å². The van der Waals surface area contributed by atoms with Gasteiger partial charge in [-0.2, -0.15) is 0 Å². The maximum absolute atomic E-state index is 15.4. The summed E-state index contributed by atoms with van der Waals surface area (Å²) in [6, 6.07) is 70.4. The number of aliphatic hydroxyl groups excluding tert-OH is 1. The van der Waals surface area contributed by atoms with Gasteiger partial charge in [0.25, 0.3) is 0 Å². The van der Waals surface area contributed by atoms with Crippen molar-refractivity contribution in [3.05, 3.63) is 273 Å². The van der Waals surface area contributed by atoms with Gasteiger partial charge in [0.15, 0.2) is 17.3 Å². The highest BCUT2D eigenvalue weighted by Crippen LogP contribution is 2.54. The van der Waals surface area contributed by atoms with E-state index >= 15 is 9.59 Å². The number of hydrogen-bond donors (Lipinski definition) is 1. The summed E-state index contributed by atoms with van der Waals surface area (Å²) in [6.45, 7) is 23.9. The quantitative estimate of drug-likeness (QED) is 0.0449. The van der Waals surface area contributed by atoms with Crippen LogP contribution in [-0.2, 0) is 37.5 Å². The molecular weight excluding hydrogens is 1050 g/mol. The second kappa shape index (κ2) is 28.0. The van der Waals surface area contributed by atoms with Crippen LogP contribution in [0.1, 0.15) is 169 Å². The SMILES string of the molecule is CCN(CC)C(CC)(Cc1ccccc1)C(=O)c1ccc(CC2(Cc3ccc(C(=O)C(CC)(Cc4ccccc4)N(CC)CC)cc3)c3cc(C(=O)c4ccccc4)ccc3-c3ccc(C(O)C(CC)(Cc4ccccc4)N(CC)CC)cc32)cc1. The Morgan fingerprint density at radius 2 is 0.756 bits per heavy atom. The van der Waals surface area contributed by atoms with Crippen molar-refractivity contribution in [2.24, 2.45) is 0 Å². The molecule has 0 aromatic heterocycles. The maximum atomic E-state index is 15.4. The van der Waals surface area contributed by atoms with E-state index in [1.54, 1.807) is 0 Å². The molecule has 0 aliphatic heterocycles. The molecule has 7 nitrogen and oxygen atoms in total. The topological polar surface area (TPSA) is 81.2 Å². The van der Waals surface area contributed by atoms with Crippen molar-refractivity contribution in [2.75, 3.05) is 39.3 Å². The largest absolute Gasteiger partial charge is 0.386 e. The molecule has 1 aliphatic rings. The molecule has 0 bridgehead atoms. The molecule has 86 heavy (non-hydrogen) atoms. The number of likely N-dealkylation sites (N-methyl/N-ethyl adjacent to an activating group) is 3. The molecule has 9 rings (SSSR count). The fourth-order valence-electron chi connectivity index (χ4n) is 15.1. The summed E-state index contributed by atoms with van der Waals surface area (Å²) in [6.07, 6.45) is 4.06. The number of hydrogen-bond acceptors (Lipinski definition) is 7. The van der Waals surface area contributed by atoms with Gasteiger partial charge in [-0.05, 0) is 152 Å². The Kier molecular flexibility index (Phi) is 20.5. The van der Waals surface area contributed by atoms with Gasteiger partial charge in [-0.1, -0.05) is 263 Å². The molecular formula is C79H91N3O4. The summed E-state index contributed by atoms with van der Waals surface area (Å²) in [5, 5.41) is 13.4. The number of aliphatic hydroxyl groups is 1. The van der Waals surface area contributed by atoms with Crippen molar-refractivity contribution in [2.45, 2.75) is 142 Å². The molecule has 8 aromatic rings. The fourth-order valence-corrected chi connectivity index (χ4v) is 15.1. The first kappa shape index (κ1) is 63.1. The molecule has 4 atom stereocenters. The first-order valence-electron chi connectivity index (χ1n) is 32.0. The Morgan fingerprint density at radius 3 is 1.15 bits per heavy atom. The highest BCUT2D eigenvalue weighted by molar-refractivity contribution is 6.10. The third-order valence-corrected chi connectivity index (χ3v) is 19.7. The molecule has 0 radical (unpaired) electrons. The number of benzene rings is 8. The van der Waals surface area contributed by atoms with Crippen LogP contribution in [0.25, 0.3) is 11.1 Å². The van der Waals surface area contributed by atoms with Gasteiger partial charge in [0, 0.05) is 27.7 Å². The van der Waals surface area contributed by atoms with Gasteiger partial charge in [0.1, 0.15) is 0 Å². The Balaban J connectivity index is 1.23. The average Bonchev–Trinajstić information content (AvgIpc) is 1.57. The Bertz CT molecular complexity index is 3400. The molecule has 0 saturated carbocycles. The van der Waals surface area contributed by atoms with E-state index in [1.807, 2.05) is 78.9 Å². The molecule has 1 N–H and O–H groups in total. The molecule has 1 aliphatic carbocycles. The van der Waals surface area contributed by atoms with Crippen LogP contribution in [0.15, 0.2) is 206 Å². The number of rotatable bonds is 30. The van der Waals surface area contributed by atoms with Gasteiger partial charge in [0.05, 0.1) is 22.7 Å². The lowest BCUT2D eigenvalue weighted by molar-refractivity contribution is -0.0340. The zero-order valence-corrected chi connectivity index (χ0v) is 52.6. The number of fused-ring (bicyclic) bond motifs is 3. The predicted octanol–water partition coefficient (Wildman–Crippen LogP) is 16.3. The zero-order chi connectivity index (χ0) is 61.1. The van der Waals surface area contributed by atoms with Crippen LogP contribution in [0, 0.1) is 0 Å². The summed E-state index contributed by atoms with van der Waals surface area (Å²) in [4.78, 5) is 52.6. The summed E-state index contributed by atoms with van der Waals surface area (Å²) >= 11 is 0. The molecule has 0 fully saturated rings. The van der Waals surface area contributed by atoms with Crippen LogP contribution in [0.5, 0.6) is 0 Å². The van der Waals surface area contributed by atoms with E-state index in [1.165, 1.54) is 5.56 Å². The molecule has 0 saturated heterocycles. The normalized spacial score (nSPS) is 16.2. The van der Waals surface area contributed by atoms with Crippen molar-refractivity contribution in [3.8, 4) is 11.1 Å². The number of ketones is 3. The smallest absolute Gasteiger partial charge is 0.193 e. The first-order chi connectivity index (χ1) is 41.8. The van der Waals surface area contributed by atoms with Gasteiger partial charge >= 0.3 is 0 Å². The van der Waals surface area contributed by atoms with Gasteiger partial charge in [-0.25, -0.2) is 0 Å². The summed E-state index contributed by atoms with van der Waals surface area (Å²) in [5.41, 5.74) is 10.2. The number of nitrogens with zero attached hydrogens (tertiary/aromatic N) is 3. The van der Waals surface area contributed by atoms with E-state index in [0.717, 1.165) is 89.3 Å². The van der Waals surface area contributed by atoms with E-state index in [4.69, 9.17) is 0 Å². The van der Waals surface area contributed by atoms with Crippen LogP contribution in [-0.4, -0.2) is 93.0 Å². The van der Waals surface area contributed by atoms with E-state index in [9.17, 15) is 9.90 Å².